The Balaban J connectivity index is 2.01. The smallest absolute Gasteiger partial charge is 0.331 e. The number of sulfonamides is 1. The molecular formula is C16H23N3O4S. The van der Waals surface area contributed by atoms with Crippen LogP contribution in [-0.2, 0) is 14.8 Å². The Morgan fingerprint density at radius 3 is 2.25 bits per heavy atom. The van der Waals surface area contributed by atoms with E-state index in [1.54, 1.807) is 24.0 Å². The normalized spacial score (nSPS) is 15.8. The van der Waals surface area contributed by atoms with E-state index >= 15 is 0 Å². The average molecular weight is 353 g/mol. The van der Waals surface area contributed by atoms with E-state index in [1.807, 2.05) is 6.92 Å². The van der Waals surface area contributed by atoms with Crippen molar-refractivity contribution in [2.45, 2.75) is 31.6 Å². The number of nitrogens with one attached hydrogen (secondary N) is 1. The Hall–Kier alpha value is -2.09. The highest BCUT2D eigenvalue weighted by Crippen LogP contribution is 2.11. The quantitative estimate of drug-likeness (QED) is 0.888. The number of urea groups is 1. The van der Waals surface area contributed by atoms with Crippen LogP contribution >= 0.6 is 0 Å². The van der Waals surface area contributed by atoms with Gasteiger partial charge in [0.15, 0.2) is 0 Å². The molecule has 0 spiro atoms. The number of hydrogen-bond donors (Lipinski definition) is 1. The molecule has 1 aliphatic rings. The summed E-state index contributed by atoms with van der Waals surface area (Å²) in [4.78, 5) is 27.2. The molecule has 0 aliphatic carbocycles. The van der Waals surface area contributed by atoms with E-state index < -0.39 is 16.1 Å². The Labute approximate surface area is 142 Å². The van der Waals surface area contributed by atoms with Gasteiger partial charge in [0.25, 0.3) is 10.0 Å². The molecular weight excluding hydrogens is 330 g/mol. The molecule has 3 amide bonds. The zero-order chi connectivity index (χ0) is 17.7. The third-order valence-corrected chi connectivity index (χ3v) is 5.33. The van der Waals surface area contributed by atoms with Crippen molar-refractivity contribution in [1.82, 2.24) is 14.5 Å². The van der Waals surface area contributed by atoms with Crippen molar-refractivity contribution in [1.29, 1.82) is 0 Å². The monoisotopic (exact) mass is 353 g/mol. The van der Waals surface area contributed by atoms with Crippen LogP contribution in [0.2, 0.25) is 0 Å². The van der Waals surface area contributed by atoms with Crippen LogP contribution < -0.4 is 4.72 Å². The number of carbonyl (C=O) groups excluding carboxylic acids is 2. The van der Waals surface area contributed by atoms with Gasteiger partial charge in [0.1, 0.15) is 0 Å². The van der Waals surface area contributed by atoms with Crippen LogP contribution in [0.3, 0.4) is 0 Å². The fourth-order valence-corrected chi connectivity index (χ4v) is 3.52. The summed E-state index contributed by atoms with van der Waals surface area (Å²) in [5.41, 5.74) is 0.938. The highest BCUT2D eigenvalue weighted by atomic mass is 32.2. The van der Waals surface area contributed by atoms with E-state index in [2.05, 4.69) is 4.72 Å². The zero-order valence-electron chi connectivity index (χ0n) is 14.0. The van der Waals surface area contributed by atoms with Crippen LogP contribution in [0, 0.1) is 6.92 Å². The topological polar surface area (TPSA) is 86.8 Å². The van der Waals surface area contributed by atoms with Gasteiger partial charge in [-0.05, 0) is 25.5 Å². The van der Waals surface area contributed by atoms with Gasteiger partial charge in [-0.2, -0.15) is 0 Å². The van der Waals surface area contributed by atoms with Gasteiger partial charge in [-0.15, -0.1) is 0 Å². The maximum atomic E-state index is 12.3. The lowest BCUT2D eigenvalue weighted by molar-refractivity contribution is -0.130. The molecule has 24 heavy (non-hydrogen) atoms. The van der Waals surface area contributed by atoms with Crippen LogP contribution in [0.15, 0.2) is 29.2 Å². The summed E-state index contributed by atoms with van der Waals surface area (Å²) < 4.78 is 26.7. The summed E-state index contributed by atoms with van der Waals surface area (Å²) in [6.45, 7) is 5.40. The van der Waals surface area contributed by atoms with E-state index in [1.165, 1.54) is 17.0 Å². The van der Waals surface area contributed by atoms with E-state index in [9.17, 15) is 18.0 Å². The lowest BCUT2D eigenvalue weighted by Gasteiger charge is -2.22. The Kier molecular flexibility index (Phi) is 5.82. The molecule has 1 fully saturated rings. The fourth-order valence-electron chi connectivity index (χ4n) is 2.55. The maximum Gasteiger partial charge on any atom is 0.331 e. The first-order valence-electron chi connectivity index (χ1n) is 7.99. The van der Waals surface area contributed by atoms with Crippen molar-refractivity contribution >= 4 is 22.0 Å². The lowest BCUT2D eigenvalue weighted by atomic mass is 10.2. The minimum atomic E-state index is -3.89. The van der Waals surface area contributed by atoms with Crippen LogP contribution in [-0.4, -0.2) is 56.3 Å². The highest BCUT2D eigenvalue weighted by Gasteiger charge is 2.25. The van der Waals surface area contributed by atoms with Gasteiger partial charge in [-0.3, -0.25) is 4.79 Å². The van der Waals surface area contributed by atoms with E-state index in [4.69, 9.17) is 0 Å². The summed E-state index contributed by atoms with van der Waals surface area (Å²) in [7, 11) is -3.89. The second-order valence-electron chi connectivity index (χ2n) is 5.80. The Morgan fingerprint density at radius 2 is 1.62 bits per heavy atom. The predicted octanol–water partition coefficient (Wildman–Crippen LogP) is 1.34. The Bertz CT molecular complexity index is 701. The minimum Gasteiger partial charge on any atom is -0.341 e. The van der Waals surface area contributed by atoms with Crippen molar-refractivity contribution in [2.75, 3.05) is 26.2 Å². The number of nitrogens with zero attached hydrogens (tertiary/aromatic N) is 2. The molecule has 0 bridgehead atoms. The summed E-state index contributed by atoms with van der Waals surface area (Å²) in [6.07, 6.45) is 1.05. The molecule has 8 heteroatoms. The molecule has 7 nitrogen and oxygen atoms in total. The van der Waals surface area contributed by atoms with Gasteiger partial charge in [0.05, 0.1) is 4.90 Å². The summed E-state index contributed by atoms with van der Waals surface area (Å²) in [6, 6.07) is 5.64. The predicted molar refractivity (Wildman–Crippen MR) is 90.0 cm³/mol. The molecule has 0 aromatic heterocycles. The first kappa shape index (κ1) is 18.3. The standard InChI is InChI=1S/C16H23N3O4S/c1-3-15(20)18-9-4-10-19(12-11-18)16(21)17-24(22,23)14-7-5-13(2)6-8-14/h5-8H,3-4,9-12H2,1-2H3,(H,17,21). The SMILES string of the molecule is CCC(=O)N1CCCN(C(=O)NS(=O)(=O)c2ccc(C)cc2)CC1. The molecule has 0 unspecified atom stereocenters. The van der Waals surface area contributed by atoms with Gasteiger partial charge >= 0.3 is 6.03 Å². The van der Waals surface area contributed by atoms with E-state index in [-0.39, 0.29) is 10.8 Å². The van der Waals surface area contributed by atoms with E-state index in [0.717, 1.165) is 5.56 Å². The number of rotatable bonds is 3. The zero-order valence-corrected chi connectivity index (χ0v) is 14.8. The molecule has 1 aromatic rings. The molecule has 1 saturated heterocycles. The molecule has 132 valence electrons. The van der Waals surface area contributed by atoms with Crippen LogP contribution in [0.4, 0.5) is 4.79 Å². The van der Waals surface area contributed by atoms with E-state index in [0.29, 0.717) is 39.0 Å². The van der Waals surface area contributed by atoms with Crippen LogP contribution in [0.5, 0.6) is 0 Å². The molecule has 0 atom stereocenters. The van der Waals surface area contributed by atoms with Crippen LogP contribution in [0.25, 0.3) is 0 Å². The maximum absolute atomic E-state index is 12.3. The van der Waals surface area contributed by atoms with Gasteiger partial charge in [0.2, 0.25) is 5.91 Å². The van der Waals surface area contributed by atoms with Gasteiger partial charge in [0, 0.05) is 32.6 Å². The molecule has 0 saturated carbocycles. The lowest BCUT2D eigenvalue weighted by Crippen LogP contribution is -2.44. The number of amides is 3. The number of benzene rings is 1. The fraction of sp³-hybridized carbons (Fsp3) is 0.500. The summed E-state index contributed by atoms with van der Waals surface area (Å²) in [5, 5.41) is 0. The number of aryl methyl sites for hydroxylation is 1. The minimum absolute atomic E-state index is 0.0459. The first-order chi connectivity index (χ1) is 11.3. The van der Waals surface area contributed by atoms with Gasteiger partial charge in [-0.25, -0.2) is 17.9 Å². The molecule has 2 rings (SSSR count). The van der Waals surface area contributed by atoms with Crippen molar-refractivity contribution in [3.05, 3.63) is 29.8 Å². The van der Waals surface area contributed by atoms with Gasteiger partial charge < -0.3 is 9.80 Å². The second-order valence-corrected chi connectivity index (χ2v) is 7.48. The molecule has 1 heterocycles. The van der Waals surface area contributed by atoms with Crippen molar-refractivity contribution in [3.63, 3.8) is 0 Å². The third kappa shape index (κ3) is 4.47. The first-order valence-corrected chi connectivity index (χ1v) is 9.48. The molecule has 0 radical (unpaired) electrons. The molecule has 1 aliphatic heterocycles. The number of hydrogen-bond acceptors (Lipinski definition) is 4. The third-order valence-electron chi connectivity index (χ3n) is 3.99. The summed E-state index contributed by atoms with van der Waals surface area (Å²) in [5.74, 6) is 0.0459. The highest BCUT2D eigenvalue weighted by molar-refractivity contribution is 7.90. The second kappa shape index (κ2) is 7.65. The van der Waals surface area contributed by atoms with Crippen molar-refractivity contribution in [2.24, 2.45) is 0 Å². The van der Waals surface area contributed by atoms with Crippen molar-refractivity contribution < 1.29 is 18.0 Å². The summed E-state index contributed by atoms with van der Waals surface area (Å²) >= 11 is 0. The molecule has 1 aromatic carbocycles. The van der Waals surface area contributed by atoms with Crippen LogP contribution in [0.1, 0.15) is 25.3 Å². The van der Waals surface area contributed by atoms with Gasteiger partial charge in [-0.1, -0.05) is 24.6 Å². The largest absolute Gasteiger partial charge is 0.341 e. The molecule has 1 N–H and O–H groups in total. The Morgan fingerprint density at radius 1 is 1.04 bits per heavy atom. The number of carbonyl (C=O) groups is 2. The van der Waals surface area contributed by atoms with Crippen molar-refractivity contribution in [3.8, 4) is 0 Å². The average Bonchev–Trinajstić information content (AvgIpc) is 2.80.